The Morgan fingerprint density at radius 1 is 1.33 bits per heavy atom. The molecule has 1 saturated heterocycles. The van der Waals surface area contributed by atoms with Gasteiger partial charge in [0.2, 0.25) is 5.95 Å². The van der Waals surface area contributed by atoms with Crippen molar-refractivity contribution in [3.8, 4) is 0 Å². The molecule has 2 N–H and O–H groups in total. The quantitative estimate of drug-likeness (QED) is 0.910. The maximum Gasteiger partial charge on any atom is 0.204 e. The number of aromatic amines is 1. The van der Waals surface area contributed by atoms with Crippen molar-refractivity contribution >= 4 is 17.0 Å². The zero-order valence-corrected chi connectivity index (χ0v) is 12.7. The Labute approximate surface area is 124 Å². The molecule has 1 aliphatic heterocycles. The van der Waals surface area contributed by atoms with E-state index in [-0.39, 0.29) is 5.82 Å². The number of imidazole rings is 1. The molecule has 0 spiro atoms. The third-order valence-corrected chi connectivity index (χ3v) is 4.24. The fourth-order valence-corrected chi connectivity index (χ4v) is 2.99. The molecule has 0 saturated carbocycles. The van der Waals surface area contributed by atoms with Gasteiger partial charge < -0.3 is 15.2 Å². The number of hydrogen-bond acceptors (Lipinski definition) is 3. The number of nitrogens with one attached hydrogen (secondary N) is 2. The van der Waals surface area contributed by atoms with Gasteiger partial charge in [0.15, 0.2) is 0 Å². The second-order valence-corrected chi connectivity index (χ2v) is 6.16. The summed E-state index contributed by atoms with van der Waals surface area (Å²) < 4.78 is 13.3. The minimum absolute atomic E-state index is 0.229. The highest BCUT2D eigenvalue weighted by atomic mass is 19.1. The molecular formula is C16H23FN4. The van der Waals surface area contributed by atoms with E-state index < -0.39 is 0 Å². The van der Waals surface area contributed by atoms with Crippen molar-refractivity contribution in [2.24, 2.45) is 5.92 Å². The van der Waals surface area contributed by atoms with E-state index in [9.17, 15) is 4.39 Å². The molecule has 1 aromatic heterocycles. The molecule has 21 heavy (non-hydrogen) atoms. The summed E-state index contributed by atoms with van der Waals surface area (Å²) in [6, 6.07) is 5.06. The van der Waals surface area contributed by atoms with Gasteiger partial charge in [0.05, 0.1) is 11.0 Å². The SMILES string of the molecule is CC(C)N(CC1CCNCC1)c1nc2ccc(F)cc2[nH]1. The van der Waals surface area contributed by atoms with Gasteiger partial charge in [-0.05, 0) is 63.9 Å². The van der Waals surface area contributed by atoms with Crippen LogP contribution in [0.15, 0.2) is 18.2 Å². The number of fused-ring (bicyclic) bond motifs is 1. The summed E-state index contributed by atoms with van der Waals surface area (Å²) in [5.74, 6) is 1.31. The molecule has 1 aliphatic rings. The average molecular weight is 290 g/mol. The van der Waals surface area contributed by atoms with Crippen LogP contribution in [0.25, 0.3) is 11.0 Å². The maximum atomic E-state index is 13.3. The normalized spacial score (nSPS) is 16.8. The Hall–Kier alpha value is -1.62. The van der Waals surface area contributed by atoms with Crippen molar-refractivity contribution in [2.45, 2.75) is 32.7 Å². The number of rotatable bonds is 4. The summed E-state index contributed by atoms with van der Waals surface area (Å²) >= 11 is 0. The van der Waals surface area contributed by atoms with Crippen molar-refractivity contribution in [2.75, 3.05) is 24.5 Å². The summed E-state index contributed by atoms with van der Waals surface area (Å²) in [5.41, 5.74) is 1.59. The molecular weight excluding hydrogens is 267 g/mol. The largest absolute Gasteiger partial charge is 0.340 e. The van der Waals surface area contributed by atoms with Gasteiger partial charge in [-0.2, -0.15) is 0 Å². The lowest BCUT2D eigenvalue weighted by molar-refractivity contribution is 0.366. The van der Waals surface area contributed by atoms with Crippen molar-refractivity contribution in [3.05, 3.63) is 24.0 Å². The molecule has 0 bridgehead atoms. The van der Waals surface area contributed by atoms with Gasteiger partial charge >= 0.3 is 0 Å². The number of aromatic nitrogens is 2. The fraction of sp³-hybridized carbons (Fsp3) is 0.562. The molecule has 1 aromatic carbocycles. The lowest BCUT2D eigenvalue weighted by atomic mass is 9.97. The van der Waals surface area contributed by atoms with Crippen LogP contribution in [0.5, 0.6) is 0 Å². The summed E-state index contributed by atoms with van der Waals surface area (Å²) in [7, 11) is 0. The topological polar surface area (TPSA) is 44.0 Å². The molecule has 0 unspecified atom stereocenters. The van der Waals surface area contributed by atoms with Gasteiger partial charge in [-0.15, -0.1) is 0 Å². The van der Waals surface area contributed by atoms with E-state index in [4.69, 9.17) is 0 Å². The molecule has 0 aliphatic carbocycles. The summed E-state index contributed by atoms with van der Waals surface area (Å²) in [6.45, 7) is 7.55. The van der Waals surface area contributed by atoms with Gasteiger partial charge in [-0.3, -0.25) is 0 Å². The smallest absolute Gasteiger partial charge is 0.204 e. The standard InChI is InChI=1S/C16H23FN4/c1-11(2)21(10-12-5-7-18-8-6-12)16-19-14-4-3-13(17)9-15(14)20-16/h3-4,9,11-12,18H,5-8,10H2,1-2H3,(H,19,20). The average Bonchev–Trinajstić information content (AvgIpc) is 2.88. The number of piperidine rings is 1. The number of H-pyrrole nitrogens is 1. The second kappa shape index (κ2) is 6.02. The zero-order valence-electron chi connectivity index (χ0n) is 12.7. The third-order valence-electron chi connectivity index (χ3n) is 4.24. The monoisotopic (exact) mass is 290 g/mol. The van der Waals surface area contributed by atoms with Crippen LogP contribution in [0.4, 0.5) is 10.3 Å². The van der Waals surface area contributed by atoms with Gasteiger partial charge in [-0.1, -0.05) is 0 Å². The third kappa shape index (κ3) is 3.18. The lowest BCUT2D eigenvalue weighted by Gasteiger charge is -2.32. The summed E-state index contributed by atoms with van der Waals surface area (Å²) in [4.78, 5) is 10.2. The summed E-state index contributed by atoms with van der Waals surface area (Å²) in [5, 5.41) is 3.40. The van der Waals surface area contributed by atoms with Crippen molar-refractivity contribution in [1.82, 2.24) is 15.3 Å². The number of anilines is 1. The lowest BCUT2D eigenvalue weighted by Crippen LogP contribution is -2.40. The highest BCUT2D eigenvalue weighted by Crippen LogP contribution is 2.23. The summed E-state index contributed by atoms with van der Waals surface area (Å²) in [6.07, 6.45) is 2.41. The van der Waals surface area contributed by atoms with Gasteiger partial charge in [0.25, 0.3) is 0 Å². The highest BCUT2D eigenvalue weighted by Gasteiger charge is 2.21. The molecule has 114 valence electrons. The van der Waals surface area contributed by atoms with Crippen LogP contribution in [0.3, 0.4) is 0 Å². The highest BCUT2D eigenvalue weighted by molar-refractivity contribution is 5.77. The minimum Gasteiger partial charge on any atom is -0.340 e. The molecule has 0 amide bonds. The van der Waals surface area contributed by atoms with Gasteiger partial charge in [-0.25, -0.2) is 9.37 Å². The van der Waals surface area contributed by atoms with Gasteiger partial charge in [0, 0.05) is 12.6 Å². The minimum atomic E-state index is -0.229. The molecule has 2 aromatic rings. The molecule has 4 nitrogen and oxygen atoms in total. The Balaban J connectivity index is 1.84. The zero-order chi connectivity index (χ0) is 14.8. The fourth-order valence-electron chi connectivity index (χ4n) is 2.99. The molecule has 0 radical (unpaired) electrons. The van der Waals surface area contributed by atoms with Crippen LogP contribution >= 0.6 is 0 Å². The first-order chi connectivity index (χ1) is 10.1. The van der Waals surface area contributed by atoms with Crippen LogP contribution in [0.2, 0.25) is 0 Å². The molecule has 5 heteroatoms. The number of benzene rings is 1. The predicted octanol–water partition coefficient (Wildman–Crippen LogP) is 2.92. The van der Waals surface area contributed by atoms with Crippen molar-refractivity contribution in [3.63, 3.8) is 0 Å². The van der Waals surface area contributed by atoms with Crippen LogP contribution < -0.4 is 10.2 Å². The van der Waals surface area contributed by atoms with E-state index in [1.807, 2.05) is 0 Å². The predicted molar refractivity (Wildman–Crippen MR) is 84.1 cm³/mol. The van der Waals surface area contributed by atoms with Crippen molar-refractivity contribution in [1.29, 1.82) is 0 Å². The van der Waals surface area contributed by atoms with Crippen LogP contribution in [-0.4, -0.2) is 35.6 Å². The molecule has 0 atom stereocenters. The van der Waals surface area contributed by atoms with Crippen LogP contribution in [-0.2, 0) is 0 Å². The van der Waals surface area contributed by atoms with E-state index in [2.05, 4.69) is 34.0 Å². The Kier molecular flexibility index (Phi) is 4.10. The second-order valence-electron chi connectivity index (χ2n) is 6.16. The maximum absolute atomic E-state index is 13.3. The Morgan fingerprint density at radius 2 is 2.10 bits per heavy atom. The first-order valence-corrected chi connectivity index (χ1v) is 7.76. The number of nitrogens with zero attached hydrogens (tertiary/aromatic N) is 2. The van der Waals surface area contributed by atoms with Crippen molar-refractivity contribution < 1.29 is 4.39 Å². The number of halogens is 1. The number of hydrogen-bond donors (Lipinski definition) is 2. The van der Waals surface area contributed by atoms with E-state index in [1.54, 1.807) is 6.07 Å². The Bertz CT molecular complexity index is 601. The molecule has 1 fully saturated rings. The Morgan fingerprint density at radius 3 is 2.81 bits per heavy atom. The van der Waals surface area contributed by atoms with E-state index >= 15 is 0 Å². The van der Waals surface area contributed by atoms with E-state index in [0.717, 1.165) is 36.6 Å². The van der Waals surface area contributed by atoms with E-state index in [1.165, 1.54) is 25.0 Å². The van der Waals surface area contributed by atoms with E-state index in [0.29, 0.717) is 12.0 Å². The van der Waals surface area contributed by atoms with Crippen LogP contribution in [0, 0.1) is 11.7 Å². The first kappa shape index (κ1) is 14.3. The van der Waals surface area contributed by atoms with Gasteiger partial charge in [0.1, 0.15) is 5.82 Å². The molecule has 3 rings (SSSR count). The molecule has 2 heterocycles. The van der Waals surface area contributed by atoms with Crippen LogP contribution in [0.1, 0.15) is 26.7 Å². The first-order valence-electron chi connectivity index (χ1n) is 7.76.